The molecule has 1 aliphatic rings. The lowest BCUT2D eigenvalue weighted by atomic mass is 10.1. The highest BCUT2D eigenvalue weighted by molar-refractivity contribution is 6.10. The van der Waals surface area contributed by atoms with E-state index in [9.17, 15) is 32.6 Å². The summed E-state index contributed by atoms with van der Waals surface area (Å²) in [6, 6.07) is 3.83. The van der Waals surface area contributed by atoms with Crippen LogP contribution >= 0.6 is 0 Å². The van der Waals surface area contributed by atoms with E-state index in [0.717, 1.165) is 12.1 Å². The van der Waals surface area contributed by atoms with Gasteiger partial charge in [0.25, 0.3) is 0 Å². The topological polar surface area (TPSA) is 122 Å². The Morgan fingerprint density at radius 1 is 1.26 bits per heavy atom. The molecular formula is C22H20F4N5O4. The highest BCUT2D eigenvalue weighted by atomic mass is 19.4. The third-order valence-electron chi connectivity index (χ3n) is 5.52. The molecule has 0 spiro atoms. The van der Waals surface area contributed by atoms with Crippen LogP contribution in [-0.4, -0.2) is 60.4 Å². The van der Waals surface area contributed by atoms with Crippen molar-refractivity contribution in [2.75, 3.05) is 5.32 Å². The zero-order valence-electron chi connectivity index (χ0n) is 18.0. The lowest BCUT2D eigenvalue weighted by Gasteiger charge is -2.19. The van der Waals surface area contributed by atoms with Crippen LogP contribution in [0.5, 0.6) is 5.75 Å². The molecule has 0 amide bonds. The van der Waals surface area contributed by atoms with Crippen LogP contribution in [0, 0.1) is 18.7 Å². The van der Waals surface area contributed by atoms with Crippen molar-refractivity contribution < 1.29 is 37.3 Å². The Bertz CT molecular complexity index is 1220. The van der Waals surface area contributed by atoms with Gasteiger partial charge in [-0.1, -0.05) is 6.07 Å². The minimum Gasteiger partial charge on any atom is -0.403 e. The standard InChI is InChI=1S/C22H20F4N5O4/c1-11-6-16(20(34)18(11)32)29-21-13(8-27-10-28-21)19(33)15-4-5-31(30-15)9-12-2-3-14(23)17(7-12)35-22(24,25)26/h2-5,7-8,10-11,16,18,20,32,34H,1,6,9H2,(H,27,28,29)/t11-,16-,18-,20+/m1/s1. The van der Waals surface area contributed by atoms with Gasteiger partial charge >= 0.3 is 6.36 Å². The molecular weight excluding hydrogens is 474 g/mol. The van der Waals surface area contributed by atoms with Gasteiger partial charge in [-0.15, -0.1) is 13.2 Å². The fourth-order valence-electron chi connectivity index (χ4n) is 3.80. The van der Waals surface area contributed by atoms with E-state index in [2.05, 4.69) is 32.0 Å². The smallest absolute Gasteiger partial charge is 0.403 e. The number of aliphatic hydroxyl groups excluding tert-OH is 2. The Morgan fingerprint density at radius 2 is 2.03 bits per heavy atom. The molecule has 3 N–H and O–H groups in total. The van der Waals surface area contributed by atoms with Crippen molar-refractivity contribution in [2.45, 2.75) is 37.6 Å². The number of rotatable bonds is 7. The van der Waals surface area contributed by atoms with E-state index in [-0.39, 0.29) is 29.2 Å². The van der Waals surface area contributed by atoms with Gasteiger partial charge < -0.3 is 20.3 Å². The predicted molar refractivity (Wildman–Crippen MR) is 113 cm³/mol. The quantitative estimate of drug-likeness (QED) is 0.338. The molecule has 1 saturated carbocycles. The zero-order valence-corrected chi connectivity index (χ0v) is 18.0. The third kappa shape index (κ3) is 5.57. The van der Waals surface area contributed by atoms with Crippen molar-refractivity contribution in [1.82, 2.24) is 19.7 Å². The molecule has 0 saturated heterocycles. The highest BCUT2D eigenvalue weighted by Crippen LogP contribution is 2.29. The van der Waals surface area contributed by atoms with Crippen LogP contribution in [0.25, 0.3) is 0 Å². The van der Waals surface area contributed by atoms with E-state index in [1.807, 2.05) is 0 Å². The Balaban J connectivity index is 1.50. The summed E-state index contributed by atoms with van der Waals surface area (Å²) >= 11 is 0. The van der Waals surface area contributed by atoms with Crippen molar-refractivity contribution in [3.8, 4) is 5.75 Å². The molecule has 9 nitrogen and oxygen atoms in total. The van der Waals surface area contributed by atoms with Crippen LogP contribution in [-0.2, 0) is 6.54 Å². The summed E-state index contributed by atoms with van der Waals surface area (Å²) in [6.45, 7) is 3.72. The molecule has 0 unspecified atom stereocenters. The first-order chi connectivity index (χ1) is 16.5. The van der Waals surface area contributed by atoms with Crippen LogP contribution in [0.3, 0.4) is 0 Å². The summed E-state index contributed by atoms with van der Waals surface area (Å²) in [5.41, 5.74) is 0.322. The number of benzene rings is 1. The van der Waals surface area contributed by atoms with Crippen molar-refractivity contribution in [1.29, 1.82) is 0 Å². The van der Waals surface area contributed by atoms with E-state index in [1.165, 1.54) is 35.5 Å². The number of nitrogens with one attached hydrogen (secondary N) is 1. The molecule has 35 heavy (non-hydrogen) atoms. The maximum atomic E-state index is 13.6. The molecule has 0 bridgehead atoms. The van der Waals surface area contributed by atoms with Crippen LogP contribution in [0.2, 0.25) is 0 Å². The molecule has 1 aromatic carbocycles. The number of ketones is 1. The van der Waals surface area contributed by atoms with E-state index >= 15 is 0 Å². The van der Waals surface area contributed by atoms with Gasteiger partial charge in [-0.05, 0) is 43.0 Å². The Hall–Kier alpha value is -3.58. The lowest BCUT2D eigenvalue weighted by Crippen LogP contribution is -2.35. The van der Waals surface area contributed by atoms with E-state index in [4.69, 9.17) is 0 Å². The lowest BCUT2D eigenvalue weighted by molar-refractivity contribution is -0.275. The first-order valence-electron chi connectivity index (χ1n) is 10.4. The Kier molecular flexibility index (Phi) is 6.72. The second-order valence-corrected chi connectivity index (χ2v) is 8.05. The number of aliphatic hydroxyl groups is 2. The molecule has 13 heteroatoms. The molecule has 1 aliphatic carbocycles. The van der Waals surface area contributed by atoms with Gasteiger partial charge in [0, 0.05) is 12.4 Å². The first-order valence-corrected chi connectivity index (χ1v) is 10.4. The summed E-state index contributed by atoms with van der Waals surface area (Å²) in [7, 11) is 0. The maximum Gasteiger partial charge on any atom is 0.573 e. The second-order valence-electron chi connectivity index (χ2n) is 8.05. The predicted octanol–water partition coefficient (Wildman–Crippen LogP) is 2.35. The van der Waals surface area contributed by atoms with Gasteiger partial charge in [0.1, 0.15) is 23.9 Å². The molecule has 4 rings (SSSR count). The summed E-state index contributed by atoms with van der Waals surface area (Å²) < 4.78 is 56.0. The summed E-state index contributed by atoms with van der Waals surface area (Å²) in [6.07, 6.45) is -2.89. The van der Waals surface area contributed by atoms with Gasteiger partial charge in [0.15, 0.2) is 11.6 Å². The van der Waals surface area contributed by atoms with Gasteiger partial charge in [0.2, 0.25) is 5.78 Å². The number of nitrogens with zero attached hydrogens (tertiary/aromatic N) is 4. The minimum absolute atomic E-state index is 0.00114. The van der Waals surface area contributed by atoms with E-state index in [0.29, 0.717) is 6.42 Å². The van der Waals surface area contributed by atoms with E-state index in [1.54, 1.807) is 0 Å². The van der Waals surface area contributed by atoms with Crippen molar-refractivity contribution in [2.24, 2.45) is 5.92 Å². The largest absolute Gasteiger partial charge is 0.573 e. The van der Waals surface area contributed by atoms with Gasteiger partial charge in [0.05, 0.1) is 24.3 Å². The number of aromatic nitrogens is 4. The summed E-state index contributed by atoms with van der Waals surface area (Å²) in [4.78, 5) is 21.0. The average Bonchev–Trinajstić information content (AvgIpc) is 3.35. The maximum absolute atomic E-state index is 13.6. The molecule has 3 aromatic rings. The summed E-state index contributed by atoms with van der Waals surface area (Å²) in [5, 5.41) is 27.2. The minimum atomic E-state index is -5.05. The molecule has 185 valence electrons. The molecule has 2 heterocycles. The molecule has 1 fully saturated rings. The molecule has 1 radical (unpaired) electrons. The molecule has 4 atom stereocenters. The number of ether oxygens (including phenoxy) is 1. The van der Waals surface area contributed by atoms with Crippen LogP contribution < -0.4 is 10.1 Å². The fraction of sp³-hybridized carbons (Fsp3) is 0.318. The fourth-order valence-corrected chi connectivity index (χ4v) is 3.80. The van der Waals surface area contributed by atoms with Crippen molar-refractivity contribution >= 4 is 11.6 Å². The first kappa shape index (κ1) is 24.5. The number of hydrogen-bond acceptors (Lipinski definition) is 8. The SMILES string of the molecule is [CH2][C@@H]1C[C@@H](Nc2ncncc2C(=O)c2ccn(Cc3ccc(F)c(OC(F)(F)F)c3)n2)[C@H](O)[C@@H]1O. The normalized spacial score (nSPS) is 22.3. The molecule has 2 aromatic heterocycles. The summed E-state index contributed by atoms with van der Waals surface area (Å²) in [5.74, 6) is -2.95. The van der Waals surface area contributed by atoms with Crippen molar-refractivity contribution in [3.63, 3.8) is 0 Å². The zero-order chi connectivity index (χ0) is 25.3. The van der Waals surface area contributed by atoms with E-state index < -0.39 is 47.9 Å². The van der Waals surface area contributed by atoms with Gasteiger partial charge in [-0.3, -0.25) is 9.48 Å². The van der Waals surface area contributed by atoms with Crippen LogP contribution in [0.15, 0.2) is 43.0 Å². The Labute approximate surface area is 196 Å². The van der Waals surface area contributed by atoms with Crippen molar-refractivity contribution in [3.05, 3.63) is 72.5 Å². The van der Waals surface area contributed by atoms with Gasteiger partial charge in [-0.25, -0.2) is 14.4 Å². The number of alkyl halides is 3. The van der Waals surface area contributed by atoms with Gasteiger partial charge in [-0.2, -0.15) is 5.10 Å². The van der Waals surface area contributed by atoms with Crippen LogP contribution in [0.1, 0.15) is 28.0 Å². The average molecular weight is 494 g/mol. The highest BCUT2D eigenvalue weighted by Gasteiger charge is 2.39. The second kappa shape index (κ2) is 9.58. The molecule has 0 aliphatic heterocycles. The van der Waals surface area contributed by atoms with Crippen LogP contribution in [0.4, 0.5) is 23.4 Å². The number of anilines is 1. The number of carbonyl (C=O) groups excluding carboxylic acids is 1. The number of hydrogen-bond donors (Lipinski definition) is 3. The monoisotopic (exact) mass is 494 g/mol. The Morgan fingerprint density at radius 3 is 2.71 bits per heavy atom. The number of halogens is 4. The number of carbonyl (C=O) groups is 1. The third-order valence-corrected chi connectivity index (χ3v) is 5.52.